The molecule has 1 aromatic carbocycles. The molecule has 0 aliphatic rings. The molecule has 7 heteroatoms. The molecule has 0 saturated heterocycles. The fraction of sp³-hybridized carbons (Fsp3) is 0.545. The normalized spacial score (nSPS) is 11.6. The predicted molar refractivity (Wildman–Crippen MR) is 131 cm³/mol. The van der Waals surface area contributed by atoms with Gasteiger partial charge < -0.3 is 15.2 Å². The highest BCUT2D eigenvalue weighted by Gasteiger charge is 2.08. The van der Waals surface area contributed by atoms with Crippen LogP contribution in [0.5, 0.6) is 0 Å². The zero-order valence-electron chi connectivity index (χ0n) is 18.4. The molecule has 0 spiro atoms. The highest BCUT2D eigenvalue weighted by atomic mass is 127. The first-order chi connectivity index (χ1) is 13.5. The summed E-state index contributed by atoms with van der Waals surface area (Å²) in [6, 6.07) is 10.7. The van der Waals surface area contributed by atoms with E-state index < -0.39 is 0 Å². The summed E-state index contributed by atoms with van der Waals surface area (Å²) >= 11 is 0. The van der Waals surface area contributed by atoms with Crippen LogP contribution >= 0.6 is 24.0 Å². The molecular weight excluding hydrogens is 477 g/mol. The Labute approximate surface area is 192 Å². The molecular formula is C22H36IN5O. The van der Waals surface area contributed by atoms with E-state index in [1.165, 1.54) is 11.1 Å². The van der Waals surface area contributed by atoms with Crippen molar-refractivity contribution in [1.29, 1.82) is 0 Å². The van der Waals surface area contributed by atoms with E-state index in [-0.39, 0.29) is 24.0 Å². The molecule has 0 amide bonds. The smallest absolute Gasteiger partial charge is 0.191 e. The second-order valence-electron chi connectivity index (χ2n) is 7.20. The molecule has 0 aliphatic heterocycles. The van der Waals surface area contributed by atoms with Gasteiger partial charge in [0.15, 0.2) is 11.7 Å². The van der Waals surface area contributed by atoms with E-state index in [0.717, 1.165) is 43.6 Å². The standard InChI is InChI=1S/C22H35N5O.HI/c1-6-23-22(25-15-20-13-21(17(4)5)26-28-20)24-14-18-9-11-19(12-10-18)16-27(7-2)8-3;/h9-13,17H,6-8,14-16H2,1-5H3,(H2,23,24,25);1H. The molecule has 0 fully saturated rings. The number of benzene rings is 1. The van der Waals surface area contributed by atoms with Gasteiger partial charge in [0, 0.05) is 19.2 Å². The van der Waals surface area contributed by atoms with E-state index in [1.807, 2.05) is 6.07 Å². The number of hydrogen-bond donors (Lipinski definition) is 2. The first-order valence-corrected chi connectivity index (χ1v) is 10.3. The molecule has 6 nitrogen and oxygen atoms in total. The third-order valence-corrected chi connectivity index (χ3v) is 4.69. The van der Waals surface area contributed by atoms with E-state index in [0.29, 0.717) is 19.0 Å². The molecule has 0 unspecified atom stereocenters. The molecule has 1 heterocycles. The second-order valence-corrected chi connectivity index (χ2v) is 7.20. The molecule has 162 valence electrons. The van der Waals surface area contributed by atoms with Crippen molar-refractivity contribution in [3.63, 3.8) is 0 Å². The van der Waals surface area contributed by atoms with Gasteiger partial charge in [-0.25, -0.2) is 4.99 Å². The Kier molecular flexibility index (Phi) is 11.9. The zero-order valence-corrected chi connectivity index (χ0v) is 20.7. The maximum Gasteiger partial charge on any atom is 0.191 e. The van der Waals surface area contributed by atoms with Crippen LogP contribution in [0, 0.1) is 0 Å². The third-order valence-electron chi connectivity index (χ3n) is 4.69. The van der Waals surface area contributed by atoms with Gasteiger partial charge in [-0.2, -0.15) is 0 Å². The van der Waals surface area contributed by atoms with E-state index in [1.54, 1.807) is 0 Å². The Hall–Kier alpha value is -1.61. The lowest BCUT2D eigenvalue weighted by molar-refractivity contribution is 0.296. The lowest BCUT2D eigenvalue weighted by Gasteiger charge is -2.18. The van der Waals surface area contributed by atoms with Crippen molar-refractivity contribution < 1.29 is 4.52 Å². The number of hydrogen-bond acceptors (Lipinski definition) is 4. The van der Waals surface area contributed by atoms with Gasteiger partial charge in [0.25, 0.3) is 0 Å². The Morgan fingerprint density at radius 2 is 1.72 bits per heavy atom. The van der Waals surface area contributed by atoms with Crippen LogP contribution in [-0.4, -0.2) is 35.7 Å². The van der Waals surface area contributed by atoms with E-state index >= 15 is 0 Å². The van der Waals surface area contributed by atoms with Gasteiger partial charge in [-0.1, -0.05) is 57.1 Å². The molecule has 29 heavy (non-hydrogen) atoms. The first-order valence-electron chi connectivity index (χ1n) is 10.3. The van der Waals surface area contributed by atoms with Gasteiger partial charge in [-0.05, 0) is 37.1 Å². The van der Waals surface area contributed by atoms with Crippen LogP contribution < -0.4 is 10.6 Å². The molecule has 1 aromatic heterocycles. The maximum atomic E-state index is 5.38. The van der Waals surface area contributed by atoms with Gasteiger partial charge in [-0.3, -0.25) is 4.90 Å². The minimum Gasteiger partial charge on any atom is -0.359 e. The molecule has 0 bridgehead atoms. The van der Waals surface area contributed by atoms with Crippen molar-refractivity contribution in [3.8, 4) is 0 Å². The highest BCUT2D eigenvalue weighted by Crippen LogP contribution is 2.13. The van der Waals surface area contributed by atoms with Crippen LogP contribution in [0.2, 0.25) is 0 Å². The van der Waals surface area contributed by atoms with Crippen molar-refractivity contribution in [2.45, 2.75) is 60.2 Å². The van der Waals surface area contributed by atoms with Crippen molar-refractivity contribution in [2.24, 2.45) is 4.99 Å². The van der Waals surface area contributed by atoms with Gasteiger partial charge >= 0.3 is 0 Å². The minimum absolute atomic E-state index is 0. The average Bonchev–Trinajstić information content (AvgIpc) is 3.18. The fourth-order valence-electron chi connectivity index (χ4n) is 2.82. The number of aliphatic imine (C=N–C) groups is 1. The monoisotopic (exact) mass is 513 g/mol. The lowest BCUT2D eigenvalue weighted by Crippen LogP contribution is -2.36. The SMILES string of the molecule is CCNC(=NCc1ccc(CN(CC)CC)cc1)NCc1cc(C(C)C)no1.I. The van der Waals surface area contributed by atoms with Crippen LogP contribution in [0.4, 0.5) is 0 Å². The molecule has 0 radical (unpaired) electrons. The Morgan fingerprint density at radius 3 is 2.28 bits per heavy atom. The summed E-state index contributed by atoms with van der Waals surface area (Å²) in [5.41, 5.74) is 3.51. The van der Waals surface area contributed by atoms with Crippen molar-refractivity contribution in [2.75, 3.05) is 19.6 Å². The Morgan fingerprint density at radius 1 is 1.07 bits per heavy atom. The predicted octanol–water partition coefficient (Wildman–Crippen LogP) is 4.51. The van der Waals surface area contributed by atoms with Crippen molar-refractivity contribution >= 4 is 29.9 Å². The summed E-state index contributed by atoms with van der Waals surface area (Å²) in [6.07, 6.45) is 0. The first kappa shape index (κ1) is 25.4. The van der Waals surface area contributed by atoms with Gasteiger partial charge in [0.2, 0.25) is 0 Å². The van der Waals surface area contributed by atoms with Crippen LogP contribution in [0.25, 0.3) is 0 Å². The summed E-state index contributed by atoms with van der Waals surface area (Å²) in [5, 5.41) is 10.7. The number of guanidine groups is 1. The average molecular weight is 513 g/mol. The van der Waals surface area contributed by atoms with Crippen LogP contribution in [0.15, 0.2) is 39.8 Å². The summed E-state index contributed by atoms with van der Waals surface area (Å²) in [5.74, 6) is 1.95. The third kappa shape index (κ3) is 8.74. The number of nitrogens with zero attached hydrogens (tertiary/aromatic N) is 3. The summed E-state index contributed by atoms with van der Waals surface area (Å²) in [7, 11) is 0. The zero-order chi connectivity index (χ0) is 20.4. The highest BCUT2D eigenvalue weighted by molar-refractivity contribution is 14.0. The maximum absolute atomic E-state index is 5.38. The van der Waals surface area contributed by atoms with Gasteiger partial charge in [0.05, 0.1) is 18.8 Å². The van der Waals surface area contributed by atoms with E-state index in [9.17, 15) is 0 Å². The van der Waals surface area contributed by atoms with Crippen LogP contribution in [-0.2, 0) is 19.6 Å². The Balaban J connectivity index is 0.00000420. The Bertz CT molecular complexity index is 723. The number of aromatic nitrogens is 1. The quantitative estimate of drug-likeness (QED) is 0.278. The number of halogens is 1. The van der Waals surface area contributed by atoms with Gasteiger partial charge in [0.1, 0.15) is 0 Å². The van der Waals surface area contributed by atoms with E-state index in [4.69, 9.17) is 4.52 Å². The second kappa shape index (κ2) is 13.6. The summed E-state index contributed by atoms with van der Waals surface area (Å²) in [6.45, 7) is 15.8. The van der Waals surface area contributed by atoms with Crippen molar-refractivity contribution in [3.05, 3.63) is 52.9 Å². The number of nitrogens with one attached hydrogen (secondary N) is 2. The minimum atomic E-state index is 0. The molecule has 2 aromatic rings. The van der Waals surface area contributed by atoms with Crippen molar-refractivity contribution in [1.82, 2.24) is 20.7 Å². The van der Waals surface area contributed by atoms with Crippen LogP contribution in [0.1, 0.15) is 63.1 Å². The largest absolute Gasteiger partial charge is 0.359 e. The van der Waals surface area contributed by atoms with Crippen LogP contribution in [0.3, 0.4) is 0 Å². The van der Waals surface area contributed by atoms with Gasteiger partial charge in [-0.15, -0.1) is 24.0 Å². The fourth-order valence-corrected chi connectivity index (χ4v) is 2.82. The topological polar surface area (TPSA) is 65.7 Å². The lowest BCUT2D eigenvalue weighted by atomic mass is 10.1. The molecule has 2 rings (SSSR count). The number of rotatable bonds is 10. The molecule has 0 aliphatic carbocycles. The van der Waals surface area contributed by atoms with E-state index in [2.05, 4.69) is 84.6 Å². The summed E-state index contributed by atoms with van der Waals surface area (Å²) in [4.78, 5) is 7.10. The molecule has 2 N–H and O–H groups in total. The summed E-state index contributed by atoms with van der Waals surface area (Å²) < 4.78 is 5.38. The molecule has 0 saturated carbocycles. The molecule has 0 atom stereocenters.